The molecule has 1 aromatic carbocycles. The van der Waals surface area contributed by atoms with Crippen molar-refractivity contribution in [2.75, 3.05) is 5.32 Å². The molecule has 0 amide bonds. The summed E-state index contributed by atoms with van der Waals surface area (Å²) in [7, 11) is 0. The standard InChI is InChI=1S/C18H20FN5O/c1-18(2,3)24-12-15(22-23-24)11-20-14-6-9-17(21-10-14)25-16-7-4-13(19)5-8-16/h4-10,12,20H,11H2,1-3H3. The Morgan fingerprint density at radius 1 is 1.12 bits per heavy atom. The monoisotopic (exact) mass is 341 g/mol. The highest BCUT2D eigenvalue weighted by atomic mass is 19.1. The first kappa shape index (κ1) is 16.9. The maximum absolute atomic E-state index is 12.9. The van der Waals surface area contributed by atoms with Crippen LogP contribution in [0.1, 0.15) is 26.5 Å². The molecule has 0 radical (unpaired) electrons. The van der Waals surface area contributed by atoms with Crippen LogP contribution in [0, 0.1) is 5.82 Å². The van der Waals surface area contributed by atoms with E-state index in [2.05, 4.69) is 41.4 Å². The third kappa shape index (κ3) is 4.53. The molecule has 2 aromatic heterocycles. The Morgan fingerprint density at radius 3 is 2.48 bits per heavy atom. The van der Waals surface area contributed by atoms with Crippen molar-refractivity contribution in [1.29, 1.82) is 0 Å². The van der Waals surface area contributed by atoms with Crippen molar-refractivity contribution in [3.63, 3.8) is 0 Å². The first-order chi connectivity index (χ1) is 11.9. The van der Waals surface area contributed by atoms with Crippen LogP contribution >= 0.6 is 0 Å². The molecule has 1 N–H and O–H groups in total. The molecule has 2 heterocycles. The molecule has 0 atom stereocenters. The molecule has 130 valence electrons. The molecule has 0 aliphatic rings. The number of pyridine rings is 1. The number of aromatic nitrogens is 4. The molecule has 0 saturated heterocycles. The molecule has 0 saturated carbocycles. The number of nitrogens with zero attached hydrogens (tertiary/aromatic N) is 4. The van der Waals surface area contributed by atoms with E-state index in [-0.39, 0.29) is 11.4 Å². The predicted molar refractivity (Wildman–Crippen MR) is 93.1 cm³/mol. The van der Waals surface area contributed by atoms with Crippen LogP contribution in [0.3, 0.4) is 0 Å². The van der Waals surface area contributed by atoms with E-state index in [4.69, 9.17) is 4.74 Å². The number of anilines is 1. The summed E-state index contributed by atoms with van der Waals surface area (Å²) in [5.74, 6) is 0.674. The maximum Gasteiger partial charge on any atom is 0.219 e. The van der Waals surface area contributed by atoms with Gasteiger partial charge in [0.15, 0.2) is 0 Å². The van der Waals surface area contributed by atoms with Gasteiger partial charge in [-0.25, -0.2) is 14.1 Å². The third-order valence-electron chi connectivity index (χ3n) is 3.47. The summed E-state index contributed by atoms with van der Waals surface area (Å²) in [6.45, 7) is 6.77. The molecule has 0 fully saturated rings. The smallest absolute Gasteiger partial charge is 0.219 e. The second-order valence-electron chi connectivity index (χ2n) is 6.62. The van der Waals surface area contributed by atoms with E-state index in [1.54, 1.807) is 24.4 Å². The summed E-state index contributed by atoms with van der Waals surface area (Å²) in [6, 6.07) is 9.41. The summed E-state index contributed by atoms with van der Waals surface area (Å²) < 4.78 is 20.3. The van der Waals surface area contributed by atoms with Gasteiger partial charge < -0.3 is 10.1 Å². The molecule has 0 unspecified atom stereocenters. The number of hydrogen-bond acceptors (Lipinski definition) is 5. The highest BCUT2D eigenvalue weighted by Gasteiger charge is 2.14. The lowest BCUT2D eigenvalue weighted by Crippen LogP contribution is -2.22. The number of rotatable bonds is 5. The second-order valence-corrected chi connectivity index (χ2v) is 6.62. The Bertz CT molecular complexity index is 822. The molecule has 7 heteroatoms. The number of nitrogens with one attached hydrogen (secondary N) is 1. The van der Waals surface area contributed by atoms with Crippen LogP contribution in [0.4, 0.5) is 10.1 Å². The van der Waals surface area contributed by atoms with E-state index < -0.39 is 0 Å². The van der Waals surface area contributed by atoms with E-state index in [9.17, 15) is 4.39 Å². The molecule has 6 nitrogen and oxygen atoms in total. The van der Waals surface area contributed by atoms with Crippen LogP contribution in [-0.4, -0.2) is 20.0 Å². The largest absolute Gasteiger partial charge is 0.439 e. The Kier molecular flexibility index (Phi) is 4.65. The van der Waals surface area contributed by atoms with E-state index in [0.717, 1.165) is 11.4 Å². The lowest BCUT2D eigenvalue weighted by Gasteiger charge is -2.17. The molecule has 0 aliphatic heterocycles. The van der Waals surface area contributed by atoms with E-state index in [1.807, 2.05) is 16.9 Å². The minimum Gasteiger partial charge on any atom is -0.439 e. The zero-order valence-electron chi connectivity index (χ0n) is 14.4. The number of ether oxygens (including phenoxy) is 1. The molecule has 25 heavy (non-hydrogen) atoms. The van der Waals surface area contributed by atoms with Crippen molar-refractivity contribution in [1.82, 2.24) is 20.0 Å². The number of hydrogen-bond donors (Lipinski definition) is 1. The predicted octanol–water partition coefficient (Wildman–Crippen LogP) is 3.97. The van der Waals surface area contributed by atoms with Gasteiger partial charge >= 0.3 is 0 Å². The van der Waals surface area contributed by atoms with Gasteiger partial charge in [0.2, 0.25) is 5.88 Å². The normalized spacial score (nSPS) is 11.4. The quantitative estimate of drug-likeness (QED) is 0.761. The maximum atomic E-state index is 12.9. The van der Waals surface area contributed by atoms with Gasteiger partial charge in [-0.2, -0.15) is 0 Å². The van der Waals surface area contributed by atoms with Gasteiger partial charge in [-0.3, -0.25) is 0 Å². The molecule has 0 aliphatic carbocycles. The van der Waals surface area contributed by atoms with E-state index >= 15 is 0 Å². The lowest BCUT2D eigenvalue weighted by molar-refractivity contribution is 0.347. The first-order valence-corrected chi connectivity index (χ1v) is 7.95. The van der Waals surface area contributed by atoms with Gasteiger partial charge in [0.05, 0.1) is 30.2 Å². The second kappa shape index (κ2) is 6.88. The van der Waals surface area contributed by atoms with Crippen LogP contribution in [0.15, 0.2) is 48.8 Å². The summed E-state index contributed by atoms with van der Waals surface area (Å²) in [5, 5.41) is 11.5. The SMILES string of the molecule is CC(C)(C)n1cc(CNc2ccc(Oc3ccc(F)cc3)nc2)nn1. The van der Waals surface area contributed by atoms with Crippen molar-refractivity contribution in [2.45, 2.75) is 32.9 Å². The summed E-state index contributed by atoms with van der Waals surface area (Å²) in [5.41, 5.74) is 1.60. The van der Waals surface area contributed by atoms with Crippen molar-refractivity contribution < 1.29 is 9.13 Å². The van der Waals surface area contributed by atoms with Gasteiger partial charge in [-0.1, -0.05) is 5.21 Å². The van der Waals surface area contributed by atoms with Gasteiger partial charge in [0.25, 0.3) is 0 Å². The minimum atomic E-state index is -0.303. The van der Waals surface area contributed by atoms with Crippen LogP contribution in [0.5, 0.6) is 11.6 Å². The average molecular weight is 341 g/mol. The third-order valence-corrected chi connectivity index (χ3v) is 3.47. The van der Waals surface area contributed by atoms with Crippen molar-refractivity contribution in [2.24, 2.45) is 0 Å². The van der Waals surface area contributed by atoms with Gasteiger partial charge in [-0.15, -0.1) is 5.10 Å². The molecule has 0 bridgehead atoms. The van der Waals surface area contributed by atoms with E-state index in [1.165, 1.54) is 12.1 Å². The summed E-state index contributed by atoms with van der Waals surface area (Å²) >= 11 is 0. The molecule has 3 aromatic rings. The summed E-state index contributed by atoms with van der Waals surface area (Å²) in [6.07, 6.45) is 3.60. The zero-order chi connectivity index (χ0) is 17.9. The molecule has 0 spiro atoms. The lowest BCUT2D eigenvalue weighted by atomic mass is 10.1. The molecular formula is C18H20FN5O. The highest BCUT2D eigenvalue weighted by molar-refractivity contribution is 5.42. The fourth-order valence-corrected chi connectivity index (χ4v) is 2.07. The Balaban J connectivity index is 1.57. The van der Waals surface area contributed by atoms with Gasteiger partial charge in [0.1, 0.15) is 17.3 Å². The topological polar surface area (TPSA) is 64.9 Å². The van der Waals surface area contributed by atoms with Crippen LogP contribution in [-0.2, 0) is 12.1 Å². The number of halogens is 1. The Morgan fingerprint density at radius 2 is 1.88 bits per heavy atom. The van der Waals surface area contributed by atoms with Crippen molar-refractivity contribution >= 4 is 5.69 Å². The fourth-order valence-electron chi connectivity index (χ4n) is 2.07. The van der Waals surface area contributed by atoms with Gasteiger partial charge in [-0.05, 0) is 51.1 Å². The highest BCUT2D eigenvalue weighted by Crippen LogP contribution is 2.21. The van der Waals surface area contributed by atoms with Crippen LogP contribution in [0.25, 0.3) is 0 Å². The van der Waals surface area contributed by atoms with Crippen molar-refractivity contribution in [3.8, 4) is 11.6 Å². The number of benzene rings is 1. The summed E-state index contributed by atoms with van der Waals surface area (Å²) in [4.78, 5) is 4.23. The first-order valence-electron chi connectivity index (χ1n) is 7.95. The molecular weight excluding hydrogens is 321 g/mol. The molecule has 3 rings (SSSR count). The Labute approximate surface area is 145 Å². The minimum absolute atomic E-state index is 0.0911. The van der Waals surface area contributed by atoms with E-state index in [0.29, 0.717) is 18.2 Å². The van der Waals surface area contributed by atoms with Crippen molar-refractivity contribution in [3.05, 3.63) is 60.3 Å². The zero-order valence-corrected chi connectivity index (χ0v) is 14.4. The fraction of sp³-hybridized carbons (Fsp3) is 0.278. The average Bonchev–Trinajstić information content (AvgIpc) is 3.06. The van der Waals surface area contributed by atoms with Crippen LogP contribution < -0.4 is 10.1 Å². The Hall–Kier alpha value is -2.96. The van der Waals surface area contributed by atoms with Crippen LogP contribution in [0.2, 0.25) is 0 Å². The van der Waals surface area contributed by atoms with Gasteiger partial charge in [0, 0.05) is 6.07 Å².